The standard InChI is InChI=1S/C22H25ClN2O3/c23-19-8-2-1-6-16(19)13-25-11-5-7-17(14-25)22(26)24-12-18-15-27-20-9-3-4-10-21(20)28-18/h1-4,6,8-10,17-18H,5,7,11-15H2,(H,24,26)/t17-,18+/m1/s1. The smallest absolute Gasteiger partial charge is 0.224 e. The van der Waals surface area contributed by atoms with Gasteiger partial charge in [0.05, 0.1) is 12.5 Å². The van der Waals surface area contributed by atoms with Crippen molar-refractivity contribution in [3.05, 3.63) is 59.1 Å². The summed E-state index contributed by atoms with van der Waals surface area (Å²) >= 11 is 6.28. The van der Waals surface area contributed by atoms with Crippen LogP contribution < -0.4 is 14.8 Å². The molecule has 0 unspecified atom stereocenters. The Bertz CT molecular complexity index is 829. The number of carbonyl (C=O) groups excluding carboxylic acids is 1. The second kappa shape index (κ2) is 8.84. The van der Waals surface area contributed by atoms with Crippen LogP contribution in [-0.2, 0) is 11.3 Å². The molecular formula is C22H25ClN2O3. The molecule has 1 amide bonds. The number of rotatable bonds is 5. The van der Waals surface area contributed by atoms with Crippen LogP contribution in [0.2, 0.25) is 5.02 Å². The van der Waals surface area contributed by atoms with Gasteiger partial charge in [0.2, 0.25) is 5.91 Å². The van der Waals surface area contributed by atoms with E-state index in [0.29, 0.717) is 13.2 Å². The predicted octanol–water partition coefficient (Wildman–Crippen LogP) is 3.51. The molecule has 1 N–H and O–H groups in total. The van der Waals surface area contributed by atoms with Gasteiger partial charge in [0.15, 0.2) is 11.5 Å². The van der Waals surface area contributed by atoms with Crippen molar-refractivity contribution in [2.45, 2.75) is 25.5 Å². The molecule has 6 heteroatoms. The van der Waals surface area contributed by atoms with Crippen molar-refractivity contribution in [1.29, 1.82) is 0 Å². The number of carbonyl (C=O) groups is 1. The Morgan fingerprint density at radius 1 is 1.14 bits per heavy atom. The molecule has 2 aromatic rings. The highest BCUT2D eigenvalue weighted by molar-refractivity contribution is 6.31. The van der Waals surface area contributed by atoms with Crippen LogP contribution in [0.4, 0.5) is 0 Å². The van der Waals surface area contributed by atoms with Crippen molar-refractivity contribution in [2.75, 3.05) is 26.2 Å². The van der Waals surface area contributed by atoms with Gasteiger partial charge in [0, 0.05) is 18.1 Å². The second-order valence-electron chi connectivity index (χ2n) is 7.41. The van der Waals surface area contributed by atoms with Gasteiger partial charge in [-0.25, -0.2) is 0 Å². The molecule has 2 atom stereocenters. The Labute approximate surface area is 170 Å². The van der Waals surface area contributed by atoms with E-state index in [1.807, 2.05) is 48.5 Å². The molecule has 0 radical (unpaired) electrons. The van der Waals surface area contributed by atoms with Crippen LogP contribution >= 0.6 is 11.6 Å². The number of piperidine rings is 1. The van der Waals surface area contributed by atoms with Crippen LogP contribution in [0.15, 0.2) is 48.5 Å². The predicted molar refractivity (Wildman–Crippen MR) is 109 cm³/mol. The molecule has 2 aliphatic rings. The lowest BCUT2D eigenvalue weighted by atomic mass is 9.96. The van der Waals surface area contributed by atoms with Crippen molar-refractivity contribution >= 4 is 17.5 Å². The van der Waals surface area contributed by atoms with Gasteiger partial charge in [-0.1, -0.05) is 41.9 Å². The molecule has 5 nitrogen and oxygen atoms in total. The van der Waals surface area contributed by atoms with E-state index in [1.165, 1.54) is 0 Å². The largest absolute Gasteiger partial charge is 0.486 e. The first-order valence-corrected chi connectivity index (χ1v) is 10.2. The first-order valence-electron chi connectivity index (χ1n) is 9.81. The summed E-state index contributed by atoms with van der Waals surface area (Å²) in [5.41, 5.74) is 1.11. The molecule has 28 heavy (non-hydrogen) atoms. The summed E-state index contributed by atoms with van der Waals surface area (Å²) in [5.74, 6) is 1.57. The van der Waals surface area contributed by atoms with Crippen molar-refractivity contribution in [3.63, 3.8) is 0 Å². The Hall–Kier alpha value is -2.24. The molecular weight excluding hydrogens is 376 g/mol. The Morgan fingerprint density at radius 2 is 1.93 bits per heavy atom. The van der Waals surface area contributed by atoms with E-state index in [0.717, 1.165) is 54.6 Å². The molecule has 2 heterocycles. The third-order valence-electron chi connectivity index (χ3n) is 5.30. The fourth-order valence-electron chi connectivity index (χ4n) is 3.80. The molecule has 4 rings (SSSR count). The number of nitrogens with zero attached hydrogens (tertiary/aromatic N) is 1. The highest BCUT2D eigenvalue weighted by Gasteiger charge is 2.27. The summed E-state index contributed by atoms with van der Waals surface area (Å²) in [5, 5.41) is 3.83. The zero-order valence-electron chi connectivity index (χ0n) is 15.8. The third kappa shape index (κ3) is 4.59. The first-order chi connectivity index (χ1) is 13.7. The number of benzene rings is 2. The first kappa shape index (κ1) is 19.1. The van der Waals surface area contributed by atoms with Crippen molar-refractivity contribution < 1.29 is 14.3 Å². The van der Waals surface area contributed by atoms with Gasteiger partial charge < -0.3 is 14.8 Å². The lowest BCUT2D eigenvalue weighted by Crippen LogP contribution is -2.46. The lowest BCUT2D eigenvalue weighted by Gasteiger charge is -2.33. The molecule has 2 aliphatic heterocycles. The number of hydrogen-bond acceptors (Lipinski definition) is 4. The molecule has 1 fully saturated rings. The average molecular weight is 401 g/mol. The normalized spacial score (nSPS) is 21.9. The second-order valence-corrected chi connectivity index (χ2v) is 7.82. The van der Waals surface area contributed by atoms with E-state index >= 15 is 0 Å². The average Bonchev–Trinajstić information content (AvgIpc) is 2.74. The number of amides is 1. The van der Waals surface area contributed by atoms with Crippen molar-refractivity contribution in [2.24, 2.45) is 5.92 Å². The zero-order chi connectivity index (χ0) is 19.3. The van der Waals surface area contributed by atoms with E-state index < -0.39 is 0 Å². The number of nitrogens with one attached hydrogen (secondary N) is 1. The SMILES string of the molecule is O=C(NC[C@H]1COc2ccccc2O1)[C@@H]1CCCN(Cc2ccccc2Cl)C1. The molecule has 148 valence electrons. The van der Waals surface area contributed by atoms with E-state index in [-0.39, 0.29) is 17.9 Å². The van der Waals surface area contributed by atoms with Crippen LogP contribution in [0.3, 0.4) is 0 Å². The van der Waals surface area contributed by atoms with Crippen LogP contribution in [0, 0.1) is 5.92 Å². The van der Waals surface area contributed by atoms with E-state index in [1.54, 1.807) is 0 Å². The van der Waals surface area contributed by atoms with Crippen LogP contribution in [0.25, 0.3) is 0 Å². The minimum absolute atomic E-state index is 0.00645. The number of hydrogen-bond donors (Lipinski definition) is 1. The third-order valence-corrected chi connectivity index (χ3v) is 5.67. The summed E-state index contributed by atoms with van der Waals surface area (Å²) in [4.78, 5) is 15.0. The van der Waals surface area contributed by atoms with Gasteiger partial charge in [-0.05, 0) is 43.1 Å². The molecule has 1 saturated heterocycles. The molecule has 0 aromatic heterocycles. The molecule has 0 aliphatic carbocycles. The fourth-order valence-corrected chi connectivity index (χ4v) is 4.00. The van der Waals surface area contributed by atoms with Crippen molar-refractivity contribution in [1.82, 2.24) is 10.2 Å². The van der Waals surface area contributed by atoms with Gasteiger partial charge in [-0.3, -0.25) is 9.69 Å². The van der Waals surface area contributed by atoms with Gasteiger partial charge in [0.25, 0.3) is 0 Å². The summed E-state index contributed by atoms with van der Waals surface area (Å²) in [6.07, 6.45) is 1.76. The number of likely N-dealkylation sites (tertiary alicyclic amines) is 1. The Balaban J connectivity index is 1.27. The molecule has 0 saturated carbocycles. The van der Waals surface area contributed by atoms with E-state index in [9.17, 15) is 4.79 Å². The maximum Gasteiger partial charge on any atom is 0.224 e. The number of para-hydroxylation sites is 2. The van der Waals surface area contributed by atoms with E-state index in [4.69, 9.17) is 21.1 Å². The maximum atomic E-state index is 12.7. The van der Waals surface area contributed by atoms with Gasteiger partial charge in [-0.15, -0.1) is 0 Å². The topological polar surface area (TPSA) is 50.8 Å². The summed E-state index contributed by atoms with van der Waals surface area (Å²) < 4.78 is 11.6. The Kier molecular flexibility index (Phi) is 6.03. The molecule has 0 spiro atoms. The quantitative estimate of drug-likeness (QED) is 0.834. The fraction of sp³-hybridized carbons (Fsp3) is 0.409. The molecule has 2 aromatic carbocycles. The minimum Gasteiger partial charge on any atom is -0.486 e. The monoisotopic (exact) mass is 400 g/mol. The van der Waals surface area contributed by atoms with Crippen molar-refractivity contribution in [3.8, 4) is 11.5 Å². The van der Waals surface area contributed by atoms with Crippen LogP contribution in [0.1, 0.15) is 18.4 Å². The molecule has 0 bridgehead atoms. The van der Waals surface area contributed by atoms with Gasteiger partial charge in [-0.2, -0.15) is 0 Å². The van der Waals surface area contributed by atoms with Crippen LogP contribution in [0.5, 0.6) is 11.5 Å². The lowest BCUT2D eigenvalue weighted by molar-refractivity contribution is -0.127. The highest BCUT2D eigenvalue weighted by atomic mass is 35.5. The number of ether oxygens (including phenoxy) is 2. The summed E-state index contributed by atoms with van der Waals surface area (Å²) in [6.45, 7) is 3.42. The number of halogens is 1. The summed E-state index contributed by atoms with van der Waals surface area (Å²) in [6, 6.07) is 15.5. The van der Waals surface area contributed by atoms with Gasteiger partial charge in [0.1, 0.15) is 12.7 Å². The van der Waals surface area contributed by atoms with Gasteiger partial charge >= 0.3 is 0 Å². The maximum absolute atomic E-state index is 12.7. The van der Waals surface area contributed by atoms with E-state index in [2.05, 4.69) is 10.2 Å². The minimum atomic E-state index is -0.165. The number of fused-ring (bicyclic) bond motifs is 1. The van der Waals surface area contributed by atoms with Crippen LogP contribution in [-0.4, -0.2) is 43.2 Å². The Morgan fingerprint density at radius 3 is 2.79 bits per heavy atom. The zero-order valence-corrected chi connectivity index (χ0v) is 16.5. The summed E-state index contributed by atoms with van der Waals surface area (Å²) in [7, 11) is 0. The highest BCUT2D eigenvalue weighted by Crippen LogP contribution is 2.30.